The lowest BCUT2D eigenvalue weighted by molar-refractivity contribution is -0.116. The first kappa shape index (κ1) is 14.7. The SMILES string of the molecule is O=C(CCl)N(Cc1ccccc1)c1ccc2c(c1)OCCO2. The number of rotatable bonds is 4. The maximum Gasteiger partial charge on any atom is 0.242 e. The van der Waals surface area contributed by atoms with Crippen molar-refractivity contribution in [2.45, 2.75) is 6.54 Å². The molecule has 1 aliphatic heterocycles. The second kappa shape index (κ2) is 6.71. The summed E-state index contributed by atoms with van der Waals surface area (Å²) in [5, 5.41) is 0. The molecule has 0 saturated carbocycles. The van der Waals surface area contributed by atoms with Crippen LogP contribution in [-0.4, -0.2) is 25.0 Å². The molecule has 3 rings (SSSR count). The highest BCUT2D eigenvalue weighted by Crippen LogP contribution is 2.34. The molecule has 4 nitrogen and oxygen atoms in total. The Bertz CT molecular complexity index is 660. The normalized spacial score (nSPS) is 12.8. The van der Waals surface area contributed by atoms with Gasteiger partial charge in [0.05, 0.1) is 6.54 Å². The number of hydrogen-bond acceptors (Lipinski definition) is 3. The van der Waals surface area contributed by atoms with Gasteiger partial charge < -0.3 is 14.4 Å². The van der Waals surface area contributed by atoms with Crippen molar-refractivity contribution in [3.8, 4) is 11.5 Å². The molecule has 0 radical (unpaired) electrons. The molecule has 0 spiro atoms. The van der Waals surface area contributed by atoms with Crippen LogP contribution >= 0.6 is 11.6 Å². The van der Waals surface area contributed by atoms with Crippen molar-refractivity contribution < 1.29 is 14.3 Å². The molecule has 114 valence electrons. The molecule has 2 aromatic rings. The average Bonchev–Trinajstić information content (AvgIpc) is 2.59. The summed E-state index contributed by atoms with van der Waals surface area (Å²) >= 11 is 5.76. The van der Waals surface area contributed by atoms with Gasteiger partial charge in [-0.2, -0.15) is 0 Å². The van der Waals surface area contributed by atoms with E-state index >= 15 is 0 Å². The van der Waals surface area contributed by atoms with Crippen molar-refractivity contribution in [1.29, 1.82) is 0 Å². The van der Waals surface area contributed by atoms with E-state index in [1.54, 1.807) is 4.90 Å². The summed E-state index contributed by atoms with van der Waals surface area (Å²) in [6.07, 6.45) is 0. The topological polar surface area (TPSA) is 38.8 Å². The molecule has 5 heteroatoms. The number of fused-ring (bicyclic) bond motifs is 1. The zero-order valence-electron chi connectivity index (χ0n) is 12.0. The number of hydrogen-bond donors (Lipinski definition) is 0. The molecular formula is C17H16ClNO3. The van der Waals surface area contributed by atoms with E-state index in [1.807, 2.05) is 48.5 Å². The van der Waals surface area contributed by atoms with Crippen LogP contribution in [0.1, 0.15) is 5.56 Å². The van der Waals surface area contributed by atoms with Gasteiger partial charge in [0.25, 0.3) is 0 Å². The van der Waals surface area contributed by atoms with Gasteiger partial charge in [-0.05, 0) is 17.7 Å². The van der Waals surface area contributed by atoms with Crippen LogP contribution in [0.3, 0.4) is 0 Å². The molecule has 0 N–H and O–H groups in total. The molecule has 1 amide bonds. The van der Waals surface area contributed by atoms with E-state index in [2.05, 4.69) is 0 Å². The Morgan fingerprint density at radius 2 is 1.77 bits per heavy atom. The van der Waals surface area contributed by atoms with Crippen molar-refractivity contribution in [3.63, 3.8) is 0 Å². The molecule has 2 aromatic carbocycles. The third kappa shape index (κ3) is 3.17. The summed E-state index contributed by atoms with van der Waals surface area (Å²) in [4.78, 5) is 13.9. The van der Waals surface area contributed by atoms with Gasteiger partial charge in [-0.15, -0.1) is 11.6 Å². The van der Waals surface area contributed by atoms with E-state index in [-0.39, 0.29) is 11.8 Å². The Morgan fingerprint density at radius 1 is 1.05 bits per heavy atom. The fourth-order valence-electron chi connectivity index (χ4n) is 2.36. The van der Waals surface area contributed by atoms with Crippen LogP contribution in [0.25, 0.3) is 0 Å². The molecule has 0 aliphatic carbocycles. The van der Waals surface area contributed by atoms with E-state index in [9.17, 15) is 4.79 Å². The summed E-state index contributed by atoms with van der Waals surface area (Å²) in [7, 11) is 0. The van der Waals surface area contributed by atoms with Gasteiger partial charge in [0, 0.05) is 11.8 Å². The Hall–Kier alpha value is -2.20. The smallest absolute Gasteiger partial charge is 0.242 e. The summed E-state index contributed by atoms with van der Waals surface area (Å²) in [5.41, 5.74) is 1.79. The fraction of sp³-hybridized carbons (Fsp3) is 0.235. The molecule has 0 bridgehead atoms. The standard InChI is InChI=1S/C17H16ClNO3/c18-11-17(20)19(12-13-4-2-1-3-5-13)14-6-7-15-16(10-14)22-9-8-21-15/h1-7,10H,8-9,11-12H2. The maximum absolute atomic E-state index is 12.2. The van der Waals surface area contributed by atoms with Crippen molar-refractivity contribution >= 4 is 23.2 Å². The summed E-state index contributed by atoms with van der Waals surface area (Å²) in [6.45, 7) is 1.52. The van der Waals surface area contributed by atoms with Crippen LogP contribution in [0.15, 0.2) is 48.5 Å². The second-order valence-corrected chi connectivity index (χ2v) is 5.19. The zero-order valence-corrected chi connectivity index (χ0v) is 12.8. The third-order valence-corrected chi connectivity index (χ3v) is 3.66. The highest BCUT2D eigenvalue weighted by Gasteiger charge is 2.19. The number of anilines is 1. The van der Waals surface area contributed by atoms with Gasteiger partial charge in [0.2, 0.25) is 5.91 Å². The lowest BCUT2D eigenvalue weighted by Crippen LogP contribution is -2.31. The first-order valence-corrected chi connectivity index (χ1v) is 7.61. The highest BCUT2D eigenvalue weighted by atomic mass is 35.5. The Balaban J connectivity index is 1.90. The van der Waals surface area contributed by atoms with Gasteiger partial charge in [-0.1, -0.05) is 30.3 Å². The number of ether oxygens (including phenoxy) is 2. The first-order chi connectivity index (χ1) is 10.8. The number of nitrogens with zero attached hydrogens (tertiary/aromatic N) is 1. The Labute approximate surface area is 134 Å². The minimum absolute atomic E-state index is 0.0682. The van der Waals surface area contributed by atoms with E-state index in [1.165, 1.54) is 0 Å². The maximum atomic E-state index is 12.2. The van der Waals surface area contributed by atoms with Crippen LogP contribution in [0.2, 0.25) is 0 Å². The average molecular weight is 318 g/mol. The number of benzene rings is 2. The number of carbonyl (C=O) groups excluding carboxylic acids is 1. The summed E-state index contributed by atoms with van der Waals surface area (Å²) in [5.74, 6) is 1.14. The van der Waals surface area contributed by atoms with E-state index < -0.39 is 0 Å². The van der Waals surface area contributed by atoms with Gasteiger partial charge in [-0.3, -0.25) is 4.79 Å². The molecule has 0 unspecified atom stereocenters. The van der Waals surface area contributed by atoms with Gasteiger partial charge in [-0.25, -0.2) is 0 Å². The Morgan fingerprint density at radius 3 is 2.50 bits per heavy atom. The number of alkyl halides is 1. The van der Waals surface area contributed by atoms with Gasteiger partial charge in [0.15, 0.2) is 11.5 Å². The van der Waals surface area contributed by atoms with Crippen LogP contribution < -0.4 is 14.4 Å². The van der Waals surface area contributed by atoms with Gasteiger partial charge >= 0.3 is 0 Å². The molecular weight excluding hydrogens is 302 g/mol. The molecule has 0 fully saturated rings. The lowest BCUT2D eigenvalue weighted by atomic mass is 10.2. The van der Waals surface area contributed by atoms with E-state index in [4.69, 9.17) is 21.1 Å². The quantitative estimate of drug-likeness (QED) is 0.813. The van der Waals surface area contributed by atoms with Crippen LogP contribution in [0.4, 0.5) is 5.69 Å². The summed E-state index contributed by atoms with van der Waals surface area (Å²) < 4.78 is 11.1. The van der Waals surface area contributed by atoms with E-state index in [0.29, 0.717) is 31.3 Å². The minimum Gasteiger partial charge on any atom is -0.486 e. The third-order valence-electron chi connectivity index (χ3n) is 3.44. The number of amides is 1. The largest absolute Gasteiger partial charge is 0.486 e. The number of carbonyl (C=O) groups is 1. The van der Waals surface area contributed by atoms with Gasteiger partial charge in [0.1, 0.15) is 19.1 Å². The zero-order chi connectivity index (χ0) is 15.4. The predicted molar refractivity (Wildman–Crippen MR) is 85.8 cm³/mol. The molecule has 1 heterocycles. The second-order valence-electron chi connectivity index (χ2n) is 4.93. The van der Waals surface area contributed by atoms with Crippen molar-refractivity contribution in [3.05, 3.63) is 54.1 Å². The first-order valence-electron chi connectivity index (χ1n) is 7.08. The monoisotopic (exact) mass is 317 g/mol. The highest BCUT2D eigenvalue weighted by molar-refractivity contribution is 6.29. The van der Waals surface area contributed by atoms with E-state index in [0.717, 1.165) is 11.3 Å². The minimum atomic E-state index is -0.151. The van der Waals surface area contributed by atoms with Crippen LogP contribution in [0, 0.1) is 0 Å². The van der Waals surface area contributed by atoms with Crippen molar-refractivity contribution in [2.24, 2.45) is 0 Å². The summed E-state index contributed by atoms with van der Waals surface area (Å²) in [6, 6.07) is 15.3. The van der Waals surface area contributed by atoms with Crippen molar-refractivity contribution in [1.82, 2.24) is 0 Å². The Kier molecular flexibility index (Phi) is 4.49. The number of halogens is 1. The molecule has 0 aromatic heterocycles. The predicted octanol–water partition coefficient (Wildman–Crippen LogP) is 3.23. The van der Waals surface area contributed by atoms with Crippen molar-refractivity contribution in [2.75, 3.05) is 24.0 Å². The molecule has 0 saturated heterocycles. The molecule has 0 atom stereocenters. The van der Waals surface area contributed by atoms with Crippen LogP contribution in [0.5, 0.6) is 11.5 Å². The lowest BCUT2D eigenvalue weighted by Gasteiger charge is -2.25. The molecule has 22 heavy (non-hydrogen) atoms. The molecule has 1 aliphatic rings. The fourth-order valence-corrected chi connectivity index (χ4v) is 2.51. The van der Waals surface area contributed by atoms with Crippen LogP contribution in [-0.2, 0) is 11.3 Å².